The van der Waals surface area contributed by atoms with Gasteiger partial charge in [0, 0.05) is 18.2 Å². The monoisotopic (exact) mass is 537 g/mol. The Labute approximate surface area is 189 Å². The van der Waals surface area contributed by atoms with Crippen LogP contribution in [0.2, 0.25) is 0 Å². The number of rotatable bonds is 6. The highest BCUT2D eigenvalue weighted by Crippen LogP contribution is 2.32. The first-order valence-electron chi connectivity index (χ1n) is 9.08. The van der Waals surface area contributed by atoms with Crippen LogP contribution in [0.3, 0.4) is 0 Å². The van der Waals surface area contributed by atoms with E-state index in [1.807, 2.05) is 12.1 Å². The van der Waals surface area contributed by atoms with Gasteiger partial charge >= 0.3 is 6.18 Å². The lowest BCUT2D eigenvalue weighted by molar-refractivity contribution is -0.176. The molecule has 164 valence electrons. The van der Waals surface area contributed by atoms with E-state index >= 15 is 0 Å². The molecule has 2 aromatic rings. The summed E-state index contributed by atoms with van der Waals surface area (Å²) in [5, 5.41) is 3.00. The lowest BCUT2D eigenvalue weighted by Crippen LogP contribution is -2.22. The molecule has 0 saturated carbocycles. The van der Waals surface area contributed by atoms with Gasteiger partial charge in [0.2, 0.25) is 0 Å². The van der Waals surface area contributed by atoms with Crippen LogP contribution in [0.1, 0.15) is 17.5 Å². The number of fused-ring (bicyclic) bond motifs is 1. The van der Waals surface area contributed by atoms with E-state index in [-0.39, 0.29) is 36.5 Å². The molecule has 10 heteroatoms. The van der Waals surface area contributed by atoms with E-state index in [9.17, 15) is 13.2 Å². The maximum atomic E-state index is 12.1. The summed E-state index contributed by atoms with van der Waals surface area (Å²) in [7, 11) is 0. The molecule has 0 spiro atoms. The van der Waals surface area contributed by atoms with E-state index in [4.69, 9.17) is 15.2 Å². The zero-order valence-corrected chi connectivity index (χ0v) is 18.4. The third-order valence-corrected chi connectivity index (χ3v) is 4.01. The molecule has 0 unspecified atom stereocenters. The number of anilines is 1. The minimum atomic E-state index is -4.32. The standard InChI is InChI=1S/C20H22F3N3O3.HI/c21-20(22,23)13-27-12-15-4-2-14(3-5-15)11-25-19(24)26-16-6-7-17-18(10-16)29-9-1-8-28-17;/h2-7,10H,1,8-9,11-13H2,(H3,24,25,26);1H. The van der Waals surface area contributed by atoms with Gasteiger partial charge in [-0.3, -0.25) is 0 Å². The molecule has 0 fully saturated rings. The van der Waals surface area contributed by atoms with Crippen LogP contribution in [0, 0.1) is 0 Å². The number of nitrogens with zero attached hydrogens (tertiary/aromatic N) is 1. The molecule has 3 rings (SSSR count). The normalized spacial score (nSPS) is 13.9. The van der Waals surface area contributed by atoms with Gasteiger partial charge in [0.05, 0.1) is 26.4 Å². The number of aliphatic imine (C=N–C) groups is 1. The van der Waals surface area contributed by atoms with Crippen LogP contribution >= 0.6 is 24.0 Å². The van der Waals surface area contributed by atoms with E-state index in [0.29, 0.717) is 36.8 Å². The quantitative estimate of drug-likeness (QED) is 0.323. The molecule has 0 saturated heterocycles. The van der Waals surface area contributed by atoms with Gasteiger partial charge in [0.25, 0.3) is 0 Å². The Balaban J connectivity index is 0.00000320. The first-order chi connectivity index (χ1) is 13.9. The van der Waals surface area contributed by atoms with Crippen molar-refractivity contribution in [3.05, 3.63) is 53.6 Å². The molecular weight excluding hydrogens is 514 g/mol. The van der Waals surface area contributed by atoms with Crippen molar-refractivity contribution in [3.8, 4) is 11.5 Å². The van der Waals surface area contributed by atoms with E-state index in [2.05, 4.69) is 15.0 Å². The van der Waals surface area contributed by atoms with Gasteiger partial charge in [0.1, 0.15) is 6.61 Å². The van der Waals surface area contributed by atoms with Gasteiger partial charge in [-0.15, -0.1) is 24.0 Å². The Kier molecular flexibility index (Phi) is 9.03. The summed E-state index contributed by atoms with van der Waals surface area (Å²) in [6, 6.07) is 12.4. The molecule has 0 radical (unpaired) electrons. The Bertz CT molecular complexity index is 845. The summed E-state index contributed by atoms with van der Waals surface area (Å²) >= 11 is 0. The molecule has 1 aliphatic heterocycles. The van der Waals surface area contributed by atoms with Crippen molar-refractivity contribution in [3.63, 3.8) is 0 Å². The van der Waals surface area contributed by atoms with Crippen LogP contribution in [0.15, 0.2) is 47.5 Å². The number of alkyl halides is 3. The van der Waals surface area contributed by atoms with E-state index in [0.717, 1.165) is 17.7 Å². The smallest absolute Gasteiger partial charge is 0.411 e. The number of halogens is 4. The van der Waals surface area contributed by atoms with Crippen LogP contribution in [0.5, 0.6) is 11.5 Å². The molecule has 1 heterocycles. The number of ether oxygens (including phenoxy) is 3. The molecule has 0 bridgehead atoms. The van der Waals surface area contributed by atoms with Crippen molar-refractivity contribution in [1.82, 2.24) is 0 Å². The van der Waals surface area contributed by atoms with Crippen molar-refractivity contribution >= 4 is 35.6 Å². The topological polar surface area (TPSA) is 78.1 Å². The predicted octanol–water partition coefficient (Wildman–Crippen LogP) is 4.47. The Morgan fingerprint density at radius 1 is 1.03 bits per heavy atom. The number of hydrogen-bond acceptors (Lipinski definition) is 4. The Morgan fingerprint density at radius 3 is 2.40 bits per heavy atom. The minimum absolute atomic E-state index is 0. The van der Waals surface area contributed by atoms with Crippen LogP contribution in [-0.4, -0.2) is 32.0 Å². The lowest BCUT2D eigenvalue weighted by Gasteiger charge is -2.11. The summed E-state index contributed by atoms with van der Waals surface area (Å²) in [4.78, 5) is 4.28. The van der Waals surface area contributed by atoms with Crippen LogP contribution in [0.25, 0.3) is 0 Å². The second-order valence-electron chi connectivity index (χ2n) is 6.46. The number of benzene rings is 2. The summed E-state index contributed by atoms with van der Waals surface area (Å²) in [5.74, 6) is 1.59. The molecule has 0 aromatic heterocycles. The van der Waals surface area contributed by atoms with Crippen molar-refractivity contribution < 1.29 is 27.4 Å². The molecule has 0 amide bonds. The zero-order valence-electron chi connectivity index (χ0n) is 16.1. The minimum Gasteiger partial charge on any atom is -0.490 e. The van der Waals surface area contributed by atoms with Gasteiger partial charge in [-0.25, -0.2) is 4.99 Å². The molecule has 1 aliphatic rings. The highest BCUT2D eigenvalue weighted by Gasteiger charge is 2.27. The van der Waals surface area contributed by atoms with Crippen LogP contribution < -0.4 is 20.5 Å². The maximum absolute atomic E-state index is 12.1. The Hall–Kier alpha value is -2.21. The van der Waals surface area contributed by atoms with Crippen molar-refractivity contribution in [2.75, 3.05) is 25.1 Å². The fourth-order valence-electron chi connectivity index (χ4n) is 2.63. The fourth-order valence-corrected chi connectivity index (χ4v) is 2.63. The van der Waals surface area contributed by atoms with Crippen LogP contribution in [0.4, 0.5) is 18.9 Å². The largest absolute Gasteiger partial charge is 0.490 e. The fraction of sp³-hybridized carbons (Fsp3) is 0.350. The van der Waals surface area contributed by atoms with Gasteiger partial charge < -0.3 is 25.3 Å². The molecule has 0 aliphatic carbocycles. The van der Waals surface area contributed by atoms with E-state index in [1.165, 1.54) is 0 Å². The predicted molar refractivity (Wildman–Crippen MR) is 119 cm³/mol. The SMILES string of the molecule is I.NC(=NCc1ccc(COCC(F)(F)F)cc1)Nc1ccc2c(c1)OCCCO2. The van der Waals surface area contributed by atoms with E-state index < -0.39 is 12.8 Å². The first-order valence-corrected chi connectivity index (χ1v) is 9.08. The van der Waals surface area contributed by atoms with Crippen molar-refractivity contribution in [1.29, 1.82) is 0 Å². The third kappa shape index (κ3) is 7.90. The number of nitrogens with one attached hydrogen (secondary N) is 1. The Morgan fingerprint density at radius 2 is 1.70 bits per heavy atom. The first kappa shape index (κ1) is 24.1. The van der Waals surface area contributed by atoms with Crippen molar-refractivity contribution in [2.24, 2.45) is 10.7 Å². The van der Waals surface area contributed by atoms with E-state index in [1.54, 1.807) is 30.3 Å². The molecule has 3 N–H and O–H groups in total. The van der Waals surface area contributed by atoms with Gasteiger partial charge in [-0.05, 0) is 23.3 Å². The maximum Gasteiger partial charge on any atom is 0.411 e. The van der Waals surface area contributed by atoms with Crippen LogP contribution in [-0.2, 0) is 17.9 Å². The van der Waals surface area contributed by atoms with Gasteiger partial charge in [-0.2, -0.15) is 13.2 Å². The van der Waals surface area contributed by atoms with Gasteiger partial charge in [0.15, 0.2) is 17.5 Å². The summed E-state index contributed by atoms with van der Waals surface area (Å²) in [6.45, 7) is 0.179. The average Bonchev–Trinajstić information content (AvgIpc) is 2.91. The third-order valence-electron chi connectivity index (χ3n) is 4.01. The summed E-state index contributed by atoms with van der Waals surface area (Å²) in [6.07, 6.45) is -3.50. The summed E-state index contributed by atoms with van der Waals surface area (Å²) in [5.41, 5.74) is 8.19. The number of guanidine groups is 1. The lowest BCUT2D eigenvalue weighted by atomic mass is 10.1. The highest BCUT2D eigenvalue weighted by molar-refractivity contribution is 14.0. The molecule has 6 nitrogen and oxygen atoms in total. The second kappa shape index (κ2) is 11.3. The molecule has 2 aromatic carbocycles. The molecule has 0 atom stereocenters. The molecular formula is C20H23F3IN3O3. The van der Waals surface area contributed by atoms with Gasteiger partial charge in [-0.1, -0.05) is 24.3 Å². The number of nitrogens with two attached hydrogens (primary N) is 1. The van der Waals surface area contributed by atoms with Crippen molar-refractivity contribution in [2.45, 2.75) is 25.7 Å². The zero-order chi connectivity index (χ0) is 20.7. The summed E-state index contributed by atoms with van der Waals surface area (Å²) < 4.78 is 52.1. The average molecular weight is 537 g/mol. The second-order valence-corrected chi connectivity index (χ2v) is 6.46. The molecule has 30 heavy (non-hydrogen) atoms. The highest BCUT2D eigenvalue weighted by atomic mass is 127. The number of hydrogen-bond donors (Lipinski definition) is 2.